The fourth-order valence-electron chi connectivity index (χ4n) is 5.13. The zero-order chi connectivity index (χ0) is 26.9. The number of fused-ring (bicyclic) bond motifs is 1. The number of aromatic hydroxyl groups is 1. The summed E-state index contributed by atoms with van der Waals surface area (Å²) in [6.45, 7) is 0.643. The van der Waals surface area contributed by atoms with E-state index in [0.717, 1.165) is 35.5 Å². The maximum absolute atomic E-state index is 13.5. The van der Waals surface area contributed by atoms with Crippen molar-refractivity contribution in [2.45, 2.75) is 18.9 Å². The van der Waals surface area contributed by atoms with Gasteiger partial charge < -0.3 is 20.3 Å². The molecule has 4 aromatic rings. The number of carbonyl (C=O) groups is 2. The molecule has 2 aliphatic heterocycles. The van der Waals surface area contributed by atoms with Crippen molar-refractivity contribution < 1.29 is 24.5 Å². The number of aliphatic hydroxyl groups is 1. The third kappa shape index (κ3) is 4.59. The standard InChI is InChI=1S/C32H26N2O5/c35-26-15-8-20(9-16-26)29-28(30(36)22-10-17-27-21(19-22)5-4-18-39-27)31(37)32(38)34(29)25-13-11-24(12-14-25)33-23-6-2-1-3-7-23/h1-3,6-17,19,29,33,35-36H,4-5,18H2/b30-28-. The molecule has 39 heavy (non-hydrogen) atoms. The molecule has 1 fully saturated rings. The molecular formula is C32H26N2O5. The van der Waals surface area contributed by atoms with Gasteiger partial charge in [-0.15, -0.1) is 0 Å². The Bertz CT molecular complexity index is 1580. The number of carbonyl (C=O) groups excluding carboxylic acids is 2. The van der Waals surface area contributed by atoms with Crippen LogP contribution in [-0.4, -0.2) is 28.5 Å². The van der Waals surface area contributed by atoms with Crippen LogP contribution in [0, 0.1) is 0 Å². The van der Waals surface area contributed by atoms with Gasteiger partial charge in [0, 0.05) is 22.6 Å². The summed E-state index contributed by atoms with van der Waals surface area (Å²) >= 11 is 0. The first-order valence-corrected chi connectivity index (χ1v) is 12.8. The van der Waals surface area contributed by atoms with E-state index in [1.807, 2.05) is 48.5 Å². The number of phenols is 1. The van der Waals surface area contributed by atoms with Gasteiger partial charge in [-0.3, -0.25) is 14.5 Å². The number of phenolic OH excluding ortho intramolecular Hbond substituents is 1. The number of nitrogens with one attached hydrogen (secondary N) is 1. The smallest absolute Gasteiger partial charge is 0.300 e. The molecule has 0 spiro atoms. The second-order valence-electron chi connectivity index (χ2n) is 9.57. The monoisotopic (exact) mass is 518 g/mol. The summed E-state index contributed by atoms with van der Waals surface area (Å²) in [4.78, 5) is 28.3. The number of hydrogen-bond donors (Lipinski definition) is 3. The first-order chi connectivity index (χ1) is 19.0. The molecule has 7 heteroatoms. The molecule has 1 amide bonds. The van der Waals surface area contributed by atoms with Gasteiger partial charge in [0.25, 0.3) is 11.7 Å². The number of Topliss-reactive ketones (excluding diaryl/α,β-unsaturated/α-hetero) is 1. The van der Waals surface area contributed by atoms with Crippen LogP contribution in [0.2, 0.25) is 0 Å². The van der Waals surface area contributed by atoms with Crippen LogP contribution >= 0.6 is 0 Å². The summed E-state index contributed by atoms with van der Waals surface area (Å²) < 4.78 is 5.69. The molecule has 2 heterocycles. The second kappa shape index (κ2) is 10.0. The van der Waals surface area contributed by atoms with Crippen molar-refractivity contribution in [2.75, 3.05) is 16.8 Å². The Kier molecular flexibility index (Phi) is 6.25. The van der Waals surface area contributed by atoms with Crippen molar-refractivity contribution in [2.24, 2.45) is 0 Å². The van der Waals surface area contributed by atoms with Crippen molar-refractivity contribution in [3.8, 4) is 11.5 Å². The first kappa shape index (κ1) is 24.3. The predicted molar refractivity (Wildman–Crippen MR) is 149 cm³/mol. The van der Waals surface area contributed by atoms with Crippen LogP contribution < -0.4 is 15.0 Å². The van der Waals surface area contributed by atoms with Gasteiger partial charge in [0.05, 0.1) is 18.2 Å². The lowest BCUT2D eigenvalue weighted by Crippen LogP contribution is -2.29. The third-order valence-electron chi connectivity index (χ3n) is 7.04. The zero-order valence-corrected chi connectivity index (χ0v) is 21.0. The molecule has 7 nitrogen and oxygen atoms in total. The second-order valence-corrected chi connectivity index (χ2v) is 9.57. The fourth-order valence-corrected chi connectivity index (χ4v) is 5.13. The Hall–Kier alpha value is -5.04. The van der Waals surface area contributed by atoms with Gasteiger partial charge in [-0.05, 0) is 90.7 Å². The summed E-state index contributed by atoms with van der Waals surface area (Å²) in [5.74, 6) is -0.936. The summed E-state index contributed by atoms with van der Waals surface area (Å²) in [6, 6.07) is 27.6. The number of rotatable bonds is 5. The minimum atomic E-state index is -0.884. The van der Waals surface area contributed by atoms with Crippen molar-refractivity contribution in [3.05, 3.63) is 119 Å². The highest BCUT2D eigenvalue weighted by molar-refractivity contribution is 6.51. The maximum Gasteiger partial charge on any atom is 0.300 e. The zero-order valence-electron chi connectivity index (χ0n) is 21.0. The highest BCUT2D eigenvalue weighted by atomic mass is 16.5. The molecule has 4 aromatic carbocycles. The Balaban J connectivity index is 1.42. The van der Waals surface area contributed by atoms with Crippen molar-refractivity contribution >= 4 is 34.5 Å². The molecule has 1 saturated heterocycles. The third-order valence-corrected chi connectivity index (χ3v) is 7.04. The number of ketones is 1. The minimum Gasteiger partial charge on any atom is -0.508 e. The number of ether oxygens (including phenoxy) is 1. The molecule has 194 valence electrons. The Morgan fingerprint density at radius 2 is 1.59 bits per heavy atom. The molecule has 0 saturated carbocycles. The largest absolute Gasteiger partial charge is 0.508 e. The number of anilines is 3. The van der Waals surface area contributed by atoms with E-state index in [1.54, 1.807) is 36.4 Å². The van der Waals surface area contributed by atoms with Crippen LogP contribution in [0.1, 0.15) is 29.2 Å². The topological polar surface area (TPSA) is 99.1 Å². The lowest BCUT2D eigenvalue weighted by Gasteiger charge is -2.26. The number of hydrogen-bond acceptors (Lipinski definition) is 6. The van der Waals surface area contributed by atoms with E-state index < -0.39 is 17.7 Å². The van der Waals surface area contributed by atoms with Gasteiger partial charge in [0.1, 0.15) is 17.3 Å². The lowest BCUT2D eigenvalue weighted by molar-refractivity contribution is -0.132. The van der Waals surface area contributed by atoms with E-state index in [2.05, 4.69) is 5.32 Å². The molecular weight excluding hydrogens is 492 g/mol. The predicted octanol–water partition coefficient (Wildman–Crippen LogP) is 6.09. The summed E-state index contributed by atoms with van der Waals surface area (Å²) in [5, 5.41) is 24.6. The first-order valence-electron chi connectivity index (χ1n) is 12.8. The van der Waals surface area contributed by atoms with E-state index in [-0.39, 0.29) is 17.1 Å². The summed E-state index contributed by atoms with van der Waals surface area (Å²) in [6.07, 6.45) is 1.67. The normalized spacial score (nSPS) is 17.9. The van der Waals surface area contributed by atoms with Crippen molar-refractivity contribution in [1.29, 1.82) is 0 Å². The van der Waals surface area contributed by atoms with Gasteiger partial charge in [0.15, 0.2) is 0 Å². The Morgan fingerprint density at radius 1 is 0.872 bits per heavy atom. The molecule has 6 rings (SSSR count). The van der Waals surface area contributed by atoms with E-state index in [9.17, 15) is 19.8 Å². The number of benzene rings is 4. The quantitative estimate of drug-likeness (QED) is 0.168. The number of aryl methyl sites for hydroxylation is 1. The summed E-state index contributed by atoms with van der Waals surface area (Å²) in [7, 11) is 0. The minimum absolute atomic E-state index is 0.00569. The van der Waals surface area contributed by atoms with Crippen LogP contribution in [0.4, 0.5) is 17.1 Å². The van der Waals surface area contributed by atoms with Gasteiger partial charge in [-0.1, -0.05) is 30.3 Å². The fraction of sp³-hybridized carbons (Fsp3) is 0.125. The molecule has 1 unspecified atom stereocenters. The molecule has 0 aromatic heterocycles. The average Bonchev–Trinajstić information content (AvgIpc) is 3.23. The van der Waals surface area contributed by atoms with Crippen molar-refractivity contribution in [3.63, 3.8) is 0 Å². The molecule has 2 aliphatic rings. The molecule has 3 N–H and O–H groups in total. The number of aliphatic hydroxyl groups excluding tert-OH is 1. The molecule has 1 atom stereocenters. The van der Waals surface area contributed by atoms with Crippen molar-refractivity contribution in [1.82, 2.24) is 0 Å². The van der Waals surface area contributed by atoms with E-state index in [1.165, 1.54) is 17.0 Å². The van der Waals surface area contributed by atoms with Gasteiger partial charge in [-0.25, -0.2) is 0 Å². The Labute approximate surface area is 225 Å². The highest BCUT2D eigenvalue weighted by Gasteiger charge is 2.47. The number of para-hydroxylation sites is 1. The average molecular weight is 519 g/mol. The molecule has 0 aliphatic carbocycles. The van der Waals surface area contributed by atoms with Crippen LogP contribution in [0.5, 0.6) is 11.5 Å². The van der Waals surface area contributed by atoms with E-state index >= 15 is 0 Å². The number of nitrogens with zero attached hydrogens (tertiary/aromatic N) is 1. The number of amides is 1. The highest BCUT2D eigenvalue weighted by Crippen LogP contribution is 2.43. The van der Waals surface area contributed by atoms with E-state index in [0.29, 0.717) is 23.4 Å². The van der Waals surface area contributed by atoms with Crippen LogP contribution in [0.15, 0.2) is 103 Å². The maximum atomic E-state index is 13.5. The lowest BCUT2D eigenvalue weighted by atomic mass is 9.94. The summed E-state index contributed by atoms with van der Waals surface area (Å²) in [5.41, 5.74) is 4.22. The van der Waals surface area contributed by atoms with Crippen LogP contribution in [0.3, 0.4) is 0 Å². The van der Waals surface area contributed by atoms with E-state index in [4.69, 9.17) is 4.74 Å². The van der Waals surface area contributed by atoms with Gasteiger partial charge >= 0.3 is 0 Å². The van der Waals surface area contributed by atoms with Gasteiger partial charge in [0.2, 0.25) is 0 Å². The molecule has 0 bridgehead atoms. The van der Waals surface area contributed by atoms with Gasteiger partial charge in [-0.2, -0.15) is 0 Å². The van der Waals surface area contributed by atoms with Crippen LogP contribution in [0.25, 0.3) is 5.76 Å². The molecule has 0 radical (unpaired) electrons. The SMILES string of the molecule is O=C1C(=O)N(c2ccc(Nc3ccccc3)cc2)C(c2ccc(O)cc2)/C1=C(/O)c1ccc2c(c1)CCCO2. The Morgan fingerprint density at radius 3 is 2.33 bits per heavy atom. The van der Waals surface area contributed by atoms with Crippen LogP contribution in [-0.2, 0) is 16.0 Å².